The smallest absolute Gasteiger partial charge is 0.137 e. The van der Waals surface area contributed by atoms with Gasteiger partial charge in [-0.3, -0.25) is 9.97 Å². The van der Waals surface area contributed by atoms with Gasteiger partial charge in [-0.15, -0.1) is 0 Å². The Bertz CT molecular complexity index is 788. The third-order valence-electron chi connectivity index (χ3n) is 4.07. The highest BCUT2D eigenvalue weighted by Crippen LogP contribution is 2.30. The van der Waals surface area contributed by atoms with Crippen LogP contribution in [0, 0.1) is 0 Å². The Hall–Kier alpha value is -2.02. The Morgan fingerprint density at radius 2 is 2.23 bits per heavy atom. The van der Waals surface area contributed by atoms with Gasteiger partial charge in [-0.05, 0) is 40.9 Å². The highest BCUT2D eigenvalue weighted by molar-refractivity contribution is 9.10. The third kappa shape index (κ3) is 2.45. The summed E-state index contributed by atoms with van der Waals surface area (Å²) in [5, 5.41) is 4.29. The summed E-state index contributed by atoms with van der Waals surface area (Å²) in [5.41, 5.74) is 3.00. The SMILES string of the molecule is Brc1cnc2c(N3CCCC(n4cncn4)C3)ccnc2c1. The number of aromatic nitrogens is 5. The van der Waals surface area contributed by atoms with Crippen LogP contribution in [0.1, 0.15) is 18.9 Å². The maximum atomic E-state index is 4.56. The van der Waals surface area contributed by atoms with E-state index in [0.29, 0.717) is 6.04 Å². The van der Waals surface area contributed by atoms with Gasteiger partial charge >= 0.3 is 0 Å². The number of nitrogens with zero attached hydrogens (tertiary/aromatic N) is 6. The van der Waals surface area contributed by atoms with E-state index in [2.05, 4.69) is 40.9 Å². The predicted octanol–water partition coefficient (Wildman–Crippen LogP) is 2.83. The molecule has 22 heavy (non-hydrogen) atoms. The van der Waals surface area contributed by atoms with Gasteiger partial charge in [-0.1, -0.05) is 0 Å². The lowest BCUT2D eigenvalue weighted by Gasteiger charge is -2.34. The fourth-order valence-corrected chi connectivity index (χ4v) is 3.36. The normalized spacial score (nSPS) is 18.8. The Labute approximate surface area is 136 Å². The first-order chi connectivity index (χ1) is 10.8. The molecule has 0 bridgehead atoms. The molecule has 112 valence electrons. The Balaban J connectivity index is 1.69. The number of pyridine rings is 2. The zero-order valence-electron chi connectivity index (χ0n) is 11.9. The zero-order chi connectivity index (χ0) is 14.9. The molecule has 0 spiro atoms. The molecule has 0 aliphatic carbocycles. The van der Waals surface area contributed by atoms with Crippen molar-refractivity contribution in [1.82, 2.24) is 24.7 Å². The quantitative estimate of drug-likeness (QED) is 0.704. The van der Waals surface area contributed by atoms with E-state index in [9.17, 15) is 0 Å². The number of anilines is 1. The van der Waals surface area contributed by atoms with Gasteiger partial charge in [-0.25, -0.2) is 9.67 Å². The van der Waals surface area contributed by atoms with E-state index in [1.165, 1.54) is 0 Å². The van der Waals surface area contributed by atoms with Crippen LogP contribution in [0.3, 0.4) is 0 Å². The molecule has 3 aromatic heterocycles. The molecule has 1 fully saturated rings. The van der Waals surface area contributed by atoms with Crippen LogP contribution in [0.2, 0.25) is 0 Å². The molecule has 4 heterocycles. The molecule has 0 radical (unpaired) electrons. The highest BCUT2D eigenvalue weighted by atomic mass is 79.9. The van der Waals surface area contributed by atoms with Gasteiger partial charge in [0.05, 0.1) is 17.2 Å². The molecule has 4 rings (SSSR count). The van der Waals surface area contributed by atoms with E-state index in [1.807, 2.05) is 29.2 Å². The Morgan fingerprint density at radius 1 is 1.27 bits per heavy atom. The van der Waals surface area contributed by atoms with Crippen LogP contribution in [-0.4, -0.2) is 37.8 Å². The minimum atomic E-state index is 0.356. The van der Waals surface area contributed by atoms with Crippen LogP contribution in [0.4, 0.5) is 5.69 Å². The van der Waals surface area contributed by atoms with Gasteiger partial charge in [0.2, 0.25) is 0 Å². The van der Waals surface area contributed by atoms with Gasteiger partial charge < -0.3 is 4.90 Å². The average molecular weight is 359 g/mol. The lowest BCUT2D eigenvalue weighted by Crippen LogP contribution is -2.37. The van der Waals surface area contributed by atoms with E-state index in [1.54, 1.807) is 12.7 Å². The molecule has 1 aliphatic heterocycles. The highest BCUT2D eigenvalue weighted by Gasteiger charge is 2.23. The summed E-state index contributed by atoms with van der Waals surface area (Å²) in [5.74, 6) is 0. The molecule has 3 aromatic rings. The summed E-state index contributed by atoms with van der Waals surface area (Å²) in [6.07, 6.45) is 9.33. The van der Waals surface area contributed by atoms with Crippen LogP contribution in [0.5, 0.6) is 0 Å². The molecule has 1 aliphatic rings. The van der Waals surface area contributed by atoms with Gasteiger partial charge in [0.15, 0.2) is 0 Å². The maximum Gasteiger partial charge on any atom is 0.137 e. The summed E-state index contributed by atoms with van der Waals surface area (Å²) in [4.78, 5) is 15.4. The van der Waals surface area contributed by atoms with Crippen molar-refractivity contribution >= 4 is 32.7 Å². The minimum Gasteiger partial charge on any atom is -0.368 e. The first-order valence-electron chi connectivity index (χ1n) is 7.30. The third-order valence-corrected chi connectivity index (χ3v) is 4.50. The van der Waals surface area contributed by atoms with E-state index in [-0.39, 0.29) is 0 Å². The van der Waals surface area contributed by atoms with Crippen LogP contribution in [0.15, 0.2) is 41.7 Å². The molecular weight excluding hydrogens is 344 g/mol. The second kappa shape index (κ2) is 5.64. The molecule has 0 amide bonds. The summed E-state index contributed by atoms with van der Waals surface area (Å²) < 4.78 is 2.91. The van der Waals surface area contributed by atoms with E-state index < -0.39 is 0 Å². The molecule has 0 aromatic carbocycles. The summed E-state index contributed by atoms with van der Waals surface area (Å²) >= 11 is 3.45. The lowest BCUT2D eigenvalue weighted by molar-refractivity contribution is 0.375. The maximum absolute atomic E-state index is 4.56. The van der Waals surface area contributed by atoms with Gasteiger partial charge in [0, 0.05) is 30.0 Å². The molecule has 1 atom stereocenters. The molecule has 1 saturated heterocycles. The van der Waals surface area contributed by atoms with Gasteiger partial charge in [0.25, 0.3) is 0 Å². The monoisotopic (exact) mass is 358 g/mol. The number of hydrogen-bond donors (Lipinski definition) is 0. The molecular formula is C15H15BrN6. The standard InChI is InChI=1S/C15H15BrN6/c16-11-6-13-15(19-7-11)14(3-4-18-13)21-5-1-2-12(8-21)22-10-17-9-20-22/h3-4,6-7,9-10,12H,1-2,5,8H2. The molecule has 7 heteroatoms. The van der Waals surface area contributed by atoms with Crippen LogP contribution < -0.4 is 4.90 Å². The summed E-state index contributed by atoms with van der Waals surface area (Å²) in [6.45, 7) is 1.95. The van der Waals surface area contributed by atoms with E-state index >= 15 is 0 Å². The number of fused-ring (bicyclic) bond motifs is 1. The number of piperidine rings is 1. The van der Waals surface area contributed by atoms with E-state index in [4.69, 9.17) is 0 Å². The van der Waals surface area contributed by atoms with Crippen molar-refractivity contribution in [3.8, 4) is 0 Å². The number of rotatable bonds is 2. The van der Waals surface area contributed by atoms with Gasteiger partial charge in [-0.2, -0.15) is 5.10 Å². The number of halogens is 1. The molecule has 6 nitrogen and oxygen atoms in total. The van der Waals surface area contributed by atoms with Crippen molar-refractivity contribution in [3.63, 3.8) is 0 Å². The van der Waals surface area contributed by atoms with Crippen LogP contribution >= 0.6 is 15.9 Å². The summed E-state index contributed by atoms with van der Waals surface area (Å²) in [7, 11) is 0. The van der Waals surface area contributed by atoms with Crippen molar-refractivity contribution in [2.45, 2.75) is 18.9 Å². The van der Waals surface area contributed by atoms with Crippen LogP contribution in [-0.2, 0) is 0 Å². The van der Waals surface area contributed by atoms with Crippen molar-refractivity contribution in [1.29, 1.82) is 0 Å². The number of hydrogen-bond acceptors (Lipinski definition) is 5. The minimum absolute atomic E-state index is 0.356. The fourth-order valence-electron chi connectivity index (χ4n) is 3.04. The Morgan fingerprint density at radius 3 is 3.09 bits per heavy atom. The largest absolute Gasteiger partial charge is 0.368 e. The zero-order valence-corrected chi connectivity index (χ0v) is 13.5. The first kappa shape index (κ1) is 13.6. The Kier molecular flexibility index (Phi) is 3.49. The topological polar surface area (TPSA) is 59.7 Å². The van der Waals surface area contributed by atoms with Crippen LogP contribution in [0.25, 0.3) is 11.0 Å². The molecule has 1 unspecified atom stereocenters. The van der Waals surface area contributed by atoms with Crippen molar-refractivity contribution in [3.05, 3.63) is 41.7 Å². The van der Waals surface area contributed by atoms with Crippen molar-refractivity contribution < 1.29 is 0 Å². The molecule has 0 saturated carbocycles. The van der Waals surface area contributed by atoms with E-state index in [0.717, 1.165) is 47.1 Å². The van der Waals surface area contributed by atoms with Gasteiger partial charge in [0.1, 0.15) is 18.2 Å². The first-order valence-corrected chi connectivity index (χ1v) is 8.10. The average Bonchev–Trinajstić information content (AvgIpc) is 3.08. The van der Waals surface area contributed by atoms with Crippen molar-refractivity contribution in [2.75, 3.05) is 18.0 Å². The second-order valence-electron chi connectivity index (χ2n) is 5.47. The fraction of sp³-hybridized carbons (Fsp3) is 0.333. The lowest BCUT2D eigenvalue weighted by atomic mass is 10.0. The second-order valence-corrected chi connectivity index (χ2v) is 6.38. The van der Waals surface area contributed by atoms with Crippen molar-refractivity contribution in [2.24, 2.45) is 0 Å². The molecule has 0 N–H and O–H groups in total. The predicted molar refractivity (Wildman–Crippen MR) is 87.7 cm³/mol. The summed E-state index contributed by atoms with van der Waals surface area (Å²) in [6, 6.07) is 4.41.